The van der Waals surface area contributed by atoms with Crippen molar-refractivity contribution < 1.29 is 4.42 Å². The van der Waals surface area contributed by atoms with Crippen molar-refractivity contribution in [2.45, 2.75) is 58.3 Å². The third kappa shape index (κ3) is 3.82. The van der Waals surface area contributed by atoms with Gasteiger partial charge in [0.15, 0.2) is 0 Å². The van der Waals surface area contributed by atoms with Gasteiger partial charge < -0.3 is 9.73 Å². The van der Waals surface area contributed by atoms with E-state index in [1.165, 1.54) is 5.56 Å². The van der Waals surface area contributed by atoms with Gasteiger partial charge in [-0.15, -0.1) is 0 Å². The van der Waals surface area contributed by atoms with E-state index in [0.29, 0.717) is 6.04 Å². The number of likely N-dealkylation sites (tertiary alicyclic amines) is 1. The van der Waals surface area contributed by atoms with Gasteiger partial charge in [-0.25, -0.2) is 4.98 Å². The predicted molar refractivity (Wildman–Crippen MR) is 92.1 cm³/mol. The van der Waals surface area contributed by atoms with Gasteiger partial charge in [-0.1, -0.05) is 30.3 Å². The molecular formula is C19H27N3O. The van der Waals surface area contributed by atoms with Crippen LogP contribution in [0.3, 0.4) is 0 Å². The Morgan fingerprint density at radius 1 is 1.35 bits per heavy atom. The molecular weight excluding hydrogens is 286 g/mol. The fourth-order valence-electron chi connectivity index (χ4n) is 3.50. The number of aryl methyl sites for hydroxylation is 1. The zero-order valence-corrected chi connectivity index (χ0v) is 14.5. The number of benzene rings is 1. The monoisotopic (exact) mass is 313 g/mol. The largest absolute Gasteiger partial charge is 0.444 e. The van der Waals surface area contributed by atoms with Crippen molar-refractivity contribution in [2.24, 2.45) is 0 Å². The van der Waals surface area contributed by atoms with E-state index < -0.39 is 0 Å². The van der Waals surface area contributed by atoms with Crippen molar-refractivity contribution in [3.63, 3.8) is 0 Å². The number of oxazole rings is 1. The standard InChI is InChI=1S/C19H27N3O/c1-14-11-20-18(23-14)15(2)21-17-10-19(3,4)22(13-17)12-16-8-6-5-7-9-16/h5-9,11,15,17,21H,10,12-13H2,1-4H3/t15-,17+/m0/s1. The molecule has 0 radical (unpaired) electrons. The maximum Gasteiger partial charge on any atom is 0.211 e. The number of nitrogens with one attached hydrogen (secondary N) is 1. The molecule has 124 valence electrons. The van der Waals surface area contributed by atoms with Crippen molar-refractivity contribution in [3.05, 3.63) is 53.7 Å². The first-order chi connectivity index (χ1) is 10.9. The van der Waals surface area contributed by atoms with E-state index in [1.807, 2.05) is 6.92 Å². The SMILES string of the molecule is Cc1cnc([C@H](C)N[C@H]2CN(Cc3ccccc3)C(C)(C)C2)o1. The Hall–Kier alpha value is -1.65. The third-order valence-corrected chi connectivity index (χ3v) is 4.75. The van der Waals surface area contributed by atoms with Gasteiger partial charge in [0.1, 0.15) is 5.76 Å². The molecule has 1 aliphatic heterocycles. The van der Waals surface area contributed by atoms with E-state index >= 15 is 0 Å². The lowest BCUT2D eigenvalue weighted by atomic mass is 9.99. The van der Waals surface area contributed by atoms with Crippen LogP contribution >= 0.6 is 0 Å². The Kier molecular flexibility index (Phi) is 4.55. The van der Waals surface area contributed by atoms with E-state index in [2.05, 4.69) is 66.3 Å². The Morgan fingerprint density at radius 3 is 2.74 bits per heavy atom. The topological polar surface area (TPSA) is 41.3 Å². The van der Waals surface area contributed by atoms with Gasteiger partial charge in [-0.3, -0.25) is 4.90 Å². The van der Waals surface area contributed by atoms with Crippen LogP contribution < -0.4 is 5.32 Å². The maximum absolute atomic E-state index is 5.64. The van der Waals surface area contributed by atoms with Crippen LogP contribution in [0.2, 0.25) is 0 Å². The lowest BCUT2D eigenvalue weighted by Gasteiger charge is -2.31. The molecule has 0 unspecified atom stereocenters. The van der Waals surface area contributed by atoms with Crippen LogP contribution in [0.5, 0.6) is 0 Å². The highest BCUT2D eigenvalue weighted by atomic mass is 16.4. The lowest BCUT2D eigenvalue weighted by Crippen LogP contribution is -2.37. The van der Waals surface area contributed by atoms with E-state index in [4.69, 9.17) is 4.42 Å². The Morgan fingerprint density at radius 2 is 2.09 bits per heavy atom. The van der Waals surface area contributed by atoms with Crippen LogP contribution in [-0.4, -0.2) is 28.0 Å². The van der Waals surface area contributed by atoms with E-state index in [-0.39, 0.29) is 11.6 Å². The smallest absolute Gasteiger partial charge is 0.211 e. The Labute approximate surface area is 138 Å². The molecule has 0 bridgehead atoms. The number of hydrogen-bond donors (Lipinski definition) is 1. The zero-order chi connectivity index (χ0) is 16.4. The normalized spacial score (nSPS) is 22.3. The van der Waals surface area contributed by atoms with Gasteiger partial charge in [0, 0.05) is 24.7 Å². The quantitative estimate of drug-likeness (QED) is 0.914. The second-order valence-corrected chi connectivity index (χ2v) is 7.28. The molecule has 1 fully saturated rings. The molecule has 0 aliphatic carbocycles. The molecule has 3 rings (SSSR count). The van der Waals surface area contributed by atoms with Crippen LogP contribution in [0.4, 0.5) is 0 Å². The van der Waals surface area contributed by atoms with Gasteiger partial charge >= 0.3 is 0 Å². The van der Waals surface area contributed by atoms with Gasteiger partial charge in [0.05, 0.1) is 12.2 Å². The number of hydrogen-bond acceptors (Lipinski definition) is 4. The highest BCUT2D eigenvalue weighted by Gasteiger charge is 2.38. The summed E-state index contributed by atoms with van der Waals surface area (Å²) in [6, 6.07) is 11.3. The fourth-order valence-corrected chi connectivity index (χ4v) is 3.50. The lowest BCUT2D eigenvalue weighted by molar-refractivity contribution is 0.166. The van der Waals surface area contributed by atoms with E-state index in [9.17, 15) is 0 Å². The number of aromatic nitrogens is 1. The molecule has 0 saturated carbocycles. The molecule has 1 saturated heterocycles. The molecule has 1 aliphatic rings. The Bertz CT molecular complexity index is 635. The van der Waals surface area contributed by atoms with Crippen LogP contribution in [-0.2, 0) is 6.54 Å². The van der Waals surface area contributed by atoms with Crippen molar-refractivity contribution in [1.29, 1.82) is 0 Å². The summed E-state index contributed by atoms with van der Waals surface area (Å²) in [4.78, 5) is 6.90. The molecule has 4 nitrogen and oxygen atoms in total. The highest BCUT2D eigenvalue weighted by molar-refractivity contribution is 5.15. The molecule has 1 aromatic heterocycles. The average Bonchev–Trinajstić information content (AvgIpc) is 3.04. The summed E-state index contributed by atoms with van der Waals surface area (Å²) in [5, 5.41) is 3.68. The second-order valence-electron chi connectivity index (χ2n) is 7.28. The first kappa shape index (κ1) is 16.2. The highest BCUT2D eigenvalue weighted by Crippen LogP contribution is 2.31. The Balaban J connectivity index is 1.62. The van der Waals surface area contributed by atoms with E-state index in [0.717, 1.165) is 31.2 Å². The first-order valence-electron chi connectivity index (χ1n) is 8.41. The minimum Gasteiger partial charge on any atom is -0.444 e. The first-order valence-corrected chi connectivity index (χ1v) is 8.41. The molecule has 4 heteroatoms. The summed E-state index contributed by atoms with van der Waals surface area (Å²) >= 11 is 0. The predicted octanol–water partition coefficient (Wildman–Crippen LogP) is 3.69. The fraction of sp³-hybridized carbons (Fsp3) is 0.526. The van der Waals surface area contributed by atoms with Crippen LogP contribution in [0.1, 0.15) is 50.4 Å². The van der Waals surface area contributed by atoms with Gasteiger partial charge in [-0.05, 0) is 39.7 Å². The minimum absolute atomic E-state index is 0.140. The average molecular weight is 313 g/mol. The summed E-state index contributed by atoms with van der Waals surface area (Å²) in [6.45, 7) is 10.8. The molecule has 23 heavy (non-hydrogen) atoms. The van der Waals surface area contributed by atoms with Gasteiger partial charge in [0.25, 0.3) is 0 Å². The van der Waals surface area contributed by atoms with Crippen LogP contribution in [0.15, 0.2) is 40.9 Å². The molecule has 2 atom stereocenters. The second kappa shape index (κ2) is 6.46. The van der Waals surface area contributed by atoms with Crippen molar-refractivity contribution in [1.82, 2.24) is 15.2 Å². The van der Waals surface area contributed by atoms with E-state index in [1.54, 1.807) is 6.20 Å². The summed E-state index contributed by atoms with van der Waals surface area (Å²) in [6.07, 6.45) is 2.91. The molecule has 1 N–H and O–H groups in total. The summed E-state index contributed by atoms with van der Waals surface area (Å²) < 4.78 is 5.64. The third-order valence-electron chi connectivity index (χ3n) is 4.75. The molecule has 0 spiro atoms. The summed E-state index contributed by atoms with van der Waals surface area (Å²) in [7, 11) is 0. The molecule has 0 amide bonds. The van der Waals surface area contributed by atoms with Crippen LogP contribution in [0.25, 0.3) is 0 Å². The zero-order valence-electron chi connectivity index (χ0n) is 14.5. The summed E-state index contributed by atoms with van der Waals surface area (Å²) in [5.41, 5.74) is 1.57. The van der Waals surface area contributed by atoms with Crippen molar-refractivity contribution >= 4 is 0 Å². The number of nitrogens with zero attached hydrogens (tertiary/aromatic N) is 2. The summed E-state index contributed by atoms with van der Waals surface area (Å²) in [5.74, 6) is 1.65. The minimum atomic E-state index is 0.140. The van der Waals surface area contributed by atoms with Crippen molar-refractivity contribution in [2.75, 3.05) is 6.54 Å². The van der Waals surface area contributed by atoms with Gasteiger partial charge in [0.2, 0.25) is 5.89 Å². The van der Waals surface area contributed by atoms with Gasteiger partial charge in [-0.2, -0.15) is 0 Å². The molecule has 2 aromatic rings. The molecule has 2 heterocycles. The van der Waals surface area contributed by atoms with Crippen molar-refractivity contribution in [3.8, 4) is 0 Å². The number of rotatable bonds is 5. The molecule has 1 aromatic carbocycles. The van der Waals surface area contributed by atoms with Crippen LogP contribution in [0, 0.1) is 6.92 Å². The maximum atomic E-state index is 5.64.